The number of halogens is 5. The van der Waals surface area contributed by atoms with Crippen molar-refractivity contribution in [2.24, 2.45) is 0 Å². The van der Waals surface area contributed by atoms with E-state index in [1.54, 1.807) is 0 Å². The summed E-state index contributed by atoms with van der Waals surface area (Å²) in [4.78, 5) is 12.0. The number of hydrogen-bond acceptors (Lipinski definition) is 2. The van der Waals surface area contributed by atoms with Gasteiger partial charge >= 0.3 is 0 Å². The topological polar surface area (TPSA) is 17.1 Å². The Morgan fingerprint density at radius 3 is 1.75 bits per heavy atom. The fourth-order valence-corrected chi connectivity index (χ4v) is 1.87. The Balaban J connectivity index is 2.71. The average Bonchev–Trinajstić information content (AvgIpc) is 2.43. The fourth-order valence-electron chi connectivity index (χ4n) is 1.60. The summed E-state index contributed by atoms with van der Waals surface area (Å²) in [6.45, 7) is 0. The third-order valence-electron chi connectivity index (χ3n) is 2.59. The number of hydrogen-bond donors (Lipinski definition) is 1. The molecule has 0 radical (unpaired) electrons. The maximum Gasteiger partial charge on any atom is 0.200 e. The maximum absolute atomic E-state index is 13.5. The molecule has 20 heavy (non-hydrogen) atoms. The zero-order valence-electron chi connectivity index (χ0n) is 9.55. The van der Waals surface area contributed by atoms with Gasteiger partial charge in [-0.3, -0.25) is 4.79 Å². The maximum atomic E-state index is 13.5. The van der Waals surface area contributed by atoms with E-state index in [-0.39, 0.29) is 10.5 Å². The largest absolute Gasteiger partial charge is 0.288 e. The van der Waals surface area contributed by atoms with Gasteiger partial charge in [-0.2, -0.15) is 0 Å². The molecule has 0 unspecified atom stereocenters. The van der Waals surface area contributed by atoms with Crippen molar-refractivity contribution in [2.75, 3.05) is 0 Å². The predicted octanol–water partition coefficient (Wildman–Crippen LogP) is 3.90. The molecule has 0 amide bonds. The van der Waals surface area contributed by atoms with Gasteiger partial charge in [0.15, 0.2) is 29.1 Å². The lowest BCUT2D eigenvalue weighted by Gasteiger charge is -2.08. The molecule has 0 heterocycles. The number of ketones is 1. The monoisotopic (exact) mass is 304 g/mol. The van der Waals surface area contributed by atoms with E-state index in [1.165, 1.54) is 24.3 Å². The van der Waals surface area contributed by atoms with Crippen molar-refractivity contribution in [1.29, 1.82) is 0 Å². The smallest absolute Gasteiger partial charge is 0.200 e. The van der Waals surface area contributed by atoms with Crippen LogP contribution in [0.1, 0.15) is 15.9 Å². The van der Waals surface area contributed by atoms with Crippen LogP contribution in [0, 0.1) is 29.1 Å². The molecule has 0 aromatic heterocycles. The van der Waals surface area contributed by atoms with Crippen LogP contribution in [-0.2, 0) is 0 Å². The minimum Gasteiger partial charge on any atom is -0.288 e. The second-order valence-electron chi connectivity index (χ2n) is 3.79. The molecule has 0 saturated carbocycles. The van der Waals surface area contributed by atoms with Gasteiger partial charge in [0, 0.05) is 10.5 Å². The fraction of sp³-hybridized carbons (Fsp3) is 0. The van der Waals surface area contributed by atoms with Crippen LogP contribution in [0.3, 0.4) is 0 Å². The van der Waals surface area contributed by atoms with Crippen molar-refractivity contribution in [3.63, 3.8) is 0 Å². The van der Waals surface area contributed by atoms with Crippen molar-refractivity contribution in [1.82, 2.24) is 0 Å². The van der Waals surface area contributed by atoms with Gasteiger partial charge in [0.25, 0.3) is 0 Å². The van der Waals surface area contributed by atoms with Crippen LogP contribution in [0.5, 0.6) is 0 Å². The Kier molecular flexibility index (Phi) is 3.80. The van der Waals surface area contributed by atoms with Gasteiger partial charge in [-0.05, 0) is 12.1 Å². The van der Waals surface area contributed by atoms with Gasteiger partial charge < -0.3 is 0 Å². The van der Waals surface area contributed by atoms with Crippen molar-refractivity contribution in [3.05, 3.63) is 64.5 Å². The lowest BCUT2D eigenvalue weighted by molar-refractivity contribution is 0.102. The highest BCUT2D eigenvalue weighted by molar-refractivity contribution is 7.80. The molecule has 0 spiro atoms. The van der Waals surface area contributed by atoms with Gasteiger partial charge in [-0.1, -0.05) is 12.1 Å². The molecular formula is C13H5F5OS. The predicted molar refractivity (Wildman–Crippen MR) is 63.4 cm³/mol. The molecule has 2 aromatic carbocycles. The van der Waals surface area contributed by atoms with Crippen LogP contribution >= 0.6 is 12.6 Å². The third kappa shape index (κ3) is 2.18. The summed E-state index contributed by atoms with van der Waals surface area (Å²) in [5.41, 5.74) is -1.76. The highest BCUT2D eigenvalue weighted by atomic mass is 32.1. The van der Waals surface area contributed by atoms with E-state index in [0.29, 0.717) is 0 Å². The number of rotatable bonds is 2. The van der Waals surface area contributed by atoms with Crippen LogP contribution < -0.4 is 0 Å². The van der Waals surface area contributed by atoms with Gasteiger partial charge in [0.2, 0.25) is 5.82 Å². The zero-order chi connectivity index (χ0) is 15.0. The first kappa shape index (κ1) is 14.5. The quantitative estimate of drug-likeness (QED) is 0.293. The highest BCUT2D eigenvalue weighted by Gasteiger charge is 2.30. The van der Waals surface area contributed by atoms with Crippen molar-refractivity contribution in [2.45, 2.75) is 4.90 Å². The molecule has 104 valence electrons. The number of carbonyl (C=O) groups excluding carboxylic acids is 1. The Labute approximate surface area is 115 Å². The lowest BCUT2D eigenvalue weighted by atomic mass is 10.0. The molecule has 0 aliphatic rings. The first-order valence-electron chi connectivity index (χ1n) is 5.20. The molecule has 0 aliphatic carbocycles. The molecule has 0 bridgehead atoms. The molecular weight excluding hydrogens is 299 g/mol. The Morgan fingerprint density at radius 2 is 1.25 bits per heavy atom. The van der Waals surface area contributed by atoms with Crippen molar-refractivity contribution in [3.8, 4) is 0 Å². The van der Waals surface area contributed by atoms with Crippen LogP contribution in [0.25, 0.3) is 0 Å². The molecule has 0 atom stereocenters. The van der Waals surface area contributed by atoms with E-state index in [0.717, 1.165) is 0 Å². The second-order valence-corrected chi connectivity index (χ2v) is 4.27. The lowest BCUT2D eigenvalue weighted by Crippen LogP contribution is -2.14. The number of benzene rings is 2. The summed E-state index contributed by atoms with van der Waals surface area (Å²) in [6, 6.07) is 5.39. The first-order chi connectivity index (χ1) is 9.36. The van der Waals surface area contributed by atoms with Crippen LogP contribution in [0.2, 0.25) is 0 Å². The van der Waals surface area contributed by atoms with E-state index in [9.17, 15) is 26.7 Å². The Bertz CT molecular complexity index is 685. The zero-order valence-corrected chi connectivity index (χ0v) is 10.4. The van der Waals surface area contributed by atoms with Gasteiger partial charge in [-0.25, -0.2) is 22.0 Å². The van der Waals surface area contributed by atoms with E-state index in [4.69, 9.17) is 0 Å². The number of carbonyl (C=O) groups is 1. The van der Waals surface area contributed by atoms with E-state index in [2.05, 4.69) is 12.6 Å². The second kappa shape index (κ2) is 5.24. The Hall–Kier alpha value is -1.89. The van der Waals surface area contributed by atoms with Crippen LogP contribution in [0.15, 0.2) is 29.2 Å². The highest BCUT2D eigenvalue weighted by Crippen LogP contribution is 2.26. The summed E-state index contributed by atoms with van der Waals surface area (Å²) in [5, 5.41) is 0. The molecule has 2 rings (SSSR count). The van der Waals surface area contributed by atoms with E-state index >= 15 is 0 Å². The minimum absolute atomic E-state index is 0.0569. The van der Waals surface area contributed by atoms with Gasteiger partial charge in [0.1, 0.15) is 5.56 Å². The van der Waals surface area contributed by atoms with Crippen molar-refractivity contribution < 1.29 is 26.7 Å². The molecule has 0 saturated heterocycles. The van der Waals surface area contributed by atoms with Gasteiger partial charge in [0.05, 0.1) is 0 Å². The molecule has 0 aliphatic heterocycles. The summed E-state index contributed by atoms with van der Waals surface area (Å²) in [5.74, 6) is -12.3. The summed E-state index contributed by atoms with van der Waals surface area (Å²) >= 11 is 3.90. The summed E-state index contributed by atoms with van der Waals surface area (Å²) in [6.07, 6.45) is 0. The Morgan fingerprint density at radius 1 is 0.800 bits per heavy atom. The summed E-state index contributed by atoms with van der Waals surface area (Å²) < 4.78 is 66.0. The molecule has 0 N–H and O–H groups in total. The minimum atomic E-state index is -2.31. The van der Waals surface area contributed by atoms with E-state index < -0.39 is 40.4 Å². The third-order valence-corrected chi connectivity index (χ3v) is 2.98. The standard InChI is InChI=1S/C13H5F5OS/c14-8-7(9(15)11(17)12(18)10(8)16)13(19)5-3-1-2-4-6(5)20/h1-4,20H. The van der Waals surface area contributed by atoms with Crippen LogP contribution in [-0.4, -0.2) is 5.78 Å². The first-order valence-corrected chi connectivity index (χ1v) is 5.65. The SMILES string of the molecule is O=C(c1ccccc1S)c1c(F)c(F)c(F)c(F)c1F. The summed E-state index contributed by atoms with van der Waals surface area (Å²) in [7, 11) is 0. The number of thiol groups is 1. The van der Waals surface area contributed by atoms with E-state index in [1.807, 2.05) is 0 Å². The van der Waals surface area contributed by atoms with Crippen molar-refractivity contribution >= 4 is 18.4 Å². The van der Waals surface area contributed by atoms with Gasteiger partial charge in [-0.15, -0.1) is 12.6 Å². The molecule has 7 heteroatoms. The molecule has 2 aromatic rings. The molecule has 0 fully saturated rings. The normalized spacial score (nSPS) is 10.7. The van der Waals surface area contributed by atoms with Crippen LogP contribution in [0.4, 0.5) is 22.0 Å². The average molecular weight is 304 g/mol. The molecule has 1 nitrogen and oxygen atoms in total.